The van der Waals surface area contributed by atoms with Gasteiger partial charge in [0.05, 0.1) is 24.1 Å². The van der Waals surface area contributed by atoms with E-state index in [0.29, 0.717) is 11.8 Å². The van der Waals surface area contributed by atoms with Gasteiger partial charge in [0.25, 0.3) is 0 Å². The number of hydrogen-bond acceptors (Lipinski definition) is 7. The third-order valence-corrected chi connectivity index (χ3v) is 4.85. The predicted octanol–water partition coefficient (Wildman–Crippen LogP) is 3.18. The summed E-state index contributed by atoms with van der Waals surface area (Å²) < 4.78 is 1.93. The highest BCUT2D eigenvalue weighted by atomic mass is 15.6. The van der Waals surface area contributed by atoms with Crippen molar-refractivity contribution in [3.05, 3.63) is 72.7 Å². The number of nitrogens with zero attached hydrogens (tertiary/aromatic N) is 8. The van der Waals surface area contributed by atoms with Gasteiger partial charge in [0.2, 0.25) is 11.8 Å². The Morgan fingerprint density at radius 3 is 2.67 bits per heavy atom. The van der Waals surface area contributed by atoms with Crippen molar-refractivity contribution in [3.63, 3.8) is 0 Å². The third-order valence-electron chi connectivity index (χ3n) is 4.85. The Balaban J connectivity index is 1.49. The summed E-state index contributed by atoms with van der Waals surface area (Å²) in [4.78, 5) is 15.0. The maximum atomic E-state index is 4.69. The second kappa shape index (κ2) is 7.36. The van der Waals surface area contributed by atoms with Crippen LogP contribution in [0.1, 0.15) is 18.5 Å². The molecule has 0 bridgehead atoms. The SMILES string of the molecule is C[C@H](Nc1nccc(-n2cnc3ccc(-c4nnn(C)n4)cc32)n1)c1ccccc1. The van der Waals surface area contributed by atoms with Crippen LogP contribution >= 0.6 is 0 Å². The van der Waals surface area contributed by atoms with Crippen LogP contribution in [-0.2, 0) is 7.05 Å². The minimum absolute atomic E-state index is 0.0790. The summed E-state index contributed by atoms with van der Waals surface area (Å²) in [5, 5.41) is 15.6. The number of anilines is 1. The van der Waals surface area contributed by atoms with Gasteiger partial charge >= 0.3 is 0 Å². The predicted molar refractivity (Wildman–Crippen MR) is 113 cm³/mol. The molecule has 0 spiro atoms. The van der Waals surface area contributed by atoms with Crippen LogP contribution in [0.2, 0.25) is 0 Å². The van der Waals surface area contributed by atoms with E-state index in [9.17, 15) is 0 Å². The molecule has 0 aliphatic heterocycles. The molecule has 0 unspecified atom stereocenters. The first kappa shape index (κ1) is 17.9. The quantitative estimate of drug-likeness (QED) is 0.486. The Morgan fingerprint density at radius 1 is 1.00 bits per heavy atom. The van der Waals surface area contributed by atoms with Crippen LogP contribution in [0, 0.1) is 0 Å². The fourth-order valence-corrected chi connectivity index (χ4v) is 3.30. The number of benzene rings is 2. The summed E-state index contributed by atoms with van der Waals surface area (Å²) >= 11 is 0. The summed E-state index contributed by atoms with van der Waals surface area (Å²) in [7, 11) is 1.74. The molecule has 9 nitrogen and oxygen atoms in total. The van der Waals surface area contributed by atoms with Gasteiger partial charge in [0, 0.05) is 11.8 Å². The fourth-order valence-electron chi connectivity index (χ4n) is 3.30. The van der Waals surface area contributed by atoms with Gasteiger partial charge in [-0.25, -0.2) is 9.97 Å². The number of hydrogen-bond donors (Lipinski definition) is 1. The lowest BCUT2D eigenvalue weighted by molar-refractivity contribution is 0.630. The molecule has 0 saturated heterocycles. The van der Waals surface area contributed by atoms with Crippen molar-refractivity contribution in [1.29, 1.82) is 0 Å². The standard InChI is InChI=1S/C21H19N9/c1-14(15-6-4-3-5-7-15)24-21-22-11-10-19(25-21)30-13-23-17-9-8-16(12-18(17)30)20-26-28-29(2)27-20/h3-14H,1-2H3,(H,22,24,25)/t14-/m0/s1. The molecular weight excluding hydrogens is 378 g/mol. The summed E-state index contributed by atoms with van der Waals surface area (Å²) in [5.74, 6) is 1.84. The van der Waals surface area contributed by atoms with Crippen LogP contribution in [0.4, 0.5) is 5.95 Å². The van der Waals surface area contributed by atoms with Crippen LogP contribution in [0.25, 0.3) is 28.2 Å². The molecule has 30 heavy (non-hydrogen) atoms. The van der Waals surface area contributed by atoms with Crippen molar-refractivity contribution in [3.8, 4) is 17.2 Å². The molecule has 5 aromatic rings. The number of fused-ring (bicyclic) bond motifs is 1. The molecule has 3 heterocycles. The van der Waals surface area contributed by atoms with Gasteiger partial charge in [-0.15, -0.1) is 10.2 Å². The Morgan fingerprint density at radius 2 is 1.87 bits per heavy atom. The van der Waals surface area contributed by atoms with E-state index in [1.54, 1.807) is 19.6 Å². The van der Waals surface area contributed by atoms with Gasteiger partial charge in [-0.1, -0.05) is 30.3 Å². The number of rotatable bonds is 5. The van der Waals surface area contributed by atoms with Gasteiger partial charge in [0.1, 0.15) is 12.1 Å². The summed E-state index contributed by atoms with van der Waals surface area (Å²) in [6.45, 7) is 2.08. The smallest absolute Gasteiger partial charge is 0.225 e. The van der Waals surface area contributed by atoms with E-state index in [1.807, 2.05) is 47.0 Å². The Kier molecular flexibility index (Phi) is 4.40. The van der Waals surface area contributed by atoms with E-state index >= 15 is 0 Å². The van der Waals surface area contributed by atoms with Crippen molar-refractivity contribution >= 4 is 17.0 Å². The minimum atomic E-state index is 0.0790. The second-order valence-electron chi connectivity index (χ2n) is 6.94. The third kappa shape index (κ3) is 3.37. The zero-order valence-corrected chi connectivity index (χ0v) is 16.5. The minimum Gasteiger partial charge on any atom is -0.348 e. The first-order valence-electron chi connectivity index (χ1n) is 9.54. The molecule has 0 amide bonds. The van der Waals surface area contributed by atoms with E-state index in [0.717, 1.165) is 22.4 Å². The first-order chi connectivity index (χ1) is 14.7. The van der Waals surface area contributed by atoms with Crippen LogP contribution in [0.15, 0.2) is 67.1 Å². The maximum absolute atomic E-state index is 4.69. The average Bonchev–Trinajstić information content (AvgIpc) is 3.40. The highest BCUT2D eigenvalue weighted by Gasteiger charge is 2.12. The lowest BCUT2D eigenvalue weighted by Gasteiger charge is -2.14. The molecule has 0 aliphatic carbocycles. The average molecular weight is 397 g/mol. The normalized spacial score (nSPS) is 12.2. The van der Waals surface area contributed by atoms with Gasteiger partial charge in [-0.2, -0.15) is 9.78 Å². The highest BCUT2D eigenvalue weighted by Crippen LogP contribution is 2.24. The van der Waals surface area contributed by atoms with Crippen molar-refractivity contribution in [2.45, 2.75) is 13.0 Å². The van der Waals surface area contributed by atoms with Gasteiger partial charge in [0.15, 0.2) is 0 Å². The molecule has 2 aromatic carbocycles. The molecule has 0 aliphatic rings. The Bertz CT molecular complexity index is 1310. The van der Waals surface area contributed by atoms with Crippen LogP contribution in [-0.4, -0.2) is 39.7 Å². The van der Waals surface area contributed by atoms with E-state index in [2.05, 4.69) is 49.8 Å². The molecule has 0 radical (unpaired) electrons. The van der Waals surface area contributed by atoms with E-state index in [-0.39, 0.29) is 6.04 Å². The van der Waals surface area contributed by atoms with E-state index < -0.39 is 0 Å². The van der Waals surface area contributed by atoms with Crippen molar-refractivity contribution in [2.24, 2.45) is 7.05 Å². The molecule has 9 heteroatoms. The van der Waals surface area contributed by atoms with E-state index in [4.69, 9.17) is 4.98 Å². The molecular formula is C21H19N9. The lowest BCUT2D eigenvalue weighted by Crippen LogP contribution is -2.10. The first-order valence-corrected chi connectivity index (χ1v) is 9.54. The molecule has 0 saturated carbocycles. The zero-order valence-electron chi connectivity index (χ0n) is 16.5. The lowest BCUT2D eigenvalue weighted by atomic mass is 10.1. The maximum Gasteiger partial charge on any atom is 0.225 e. The topological polar surface area (TPSA) is 99.2 Å². The van der Waals surface area contributed by atoms with Crippen LogP contribution in [0.5, 0.6) is 0 Å². The van der Waals surface area contributed by atoms with Crippen molar-refractivity contribution in [2.75, 3.05) is 5.32 Å². The fraction of sp³-hybridized carbons (Fsp3) is 0.143. The van der Waals surface area contributed by atoms with Gasteiger partial charge in [-0.05, 0) is 42.0 Å². The molecule has 148 valence electrons. The van der Waals surface area contributed by atoms with E-state index in [1.165, 1.54) is 10.4 Å². The number of aryl methyl sites for hydroxylation is 1. The van der Waals surface area contributed by atoms with Gasteiger partial charge < -0.3 is 5.32 Å². The number of tetrazole rings is 1. The Labute approximate surface area is 172 Å². The summed E-state index contributed by atoms with van der Waals surface area (Å²) in [6.07, 6.45) is 3.49. The summed E-state index contributed by atoms with van der Waals surface area (Å²) in [5.41, 5.74) is 3.79. The second-order valence-corrected chi connectivity index (χ2v) is 6.94. The van der Waals surface area contributed by atoms with Crippen LogP contribution in [0.3, 0.4) is 0 Å². The van der Waals surface area contributed by atoms with Gasteiger partial charge in [-0.3, -0.25) is 4.57 Å². The largest absolute Gasteiger partial charge is 0.348 e. The monoisotopic (exact) mass is 397 g/mol. The number of aromatic nitrogens is 8. The number of imidazole rings is 1. The molecule has 1 N–H and O–H groups in total. The molecule has 5 rings (SSSR count). The number of nitrogens with one attached hydrogen (secondary N) is 1. The highest BCUT2D eigenvalue weighted by molar-refractivity contribution is 5.82. The molecule has 1 atom stereocenters. The zero-order chi connectivity index (χ0) is 20.5. The molecule has 0 fully saturated rings. The van der Waals surface area contributed by atoms with Crippen molar-refractivity contribution in [1.82, 2.24) is 39.7 Å². The molecule has 3 aromatic heterocycles. The Hall–Kier alpha value is -4.14. The summed E-state index contributed by atoms with van der Waals surface area (Å²) in [6, 6.07) is 18.0. The van der Waals surface area contributed by atoms with Crippen molar-refractivity contribution < 1.29 is 0 Å². The van der Waals surface area contributed by atoms with Crippen LogP contribution < -0.4 is 5.32 Å².